The molecule has 0 atom stereocenters. The van der Waals surface area contributed by atoms with Gasteiger partial charge < -0.3 is 10.2 Å². The summed E-state index contributed by atoms with van der Waals surface area (Å²) in [6.07, 6.45) is 1.78. The lowest BCUT2D eigenvalue weighted by atomic mass is 10.1. The lowest BCUT2D eigenvalue weighted by Gasteiger charge is -2.36. The largest absolute Gasteiger partial charge is 0.369 e. The van der Waals surface area contributed by atoms with Crippen molar-refractivity contribution in [2.45, 2.75) is 20.4 Å². The Bertz CT molecular complexity index is 1250. The number of pyridine rings is 1. The summed E-state index contributed by atoms with van der Waals surface area (Å²) in [6, 6.07) is 24.3. The molecule has 0 bridgehead atoms. The summed E-state index contributed by atoms with van der Waals surface area (Å²) in [5, 5.41) is 7.83. The minimum Gasteiger partial charge on any atom is -0.369 e. The van der Waals surface area contributed by atoms with E-state index in [0.29, 0.717) is 13.1 Å². The van der Waals surface area contributed by atoms with Gasteiger partial charge >= 0.3 is 0 Å². The Morgan fingerprint density at radius 2 is 1.69 bits per heavy atom. The van der Waals surface area contributed by atoms with Crippen molar-refractivity contribution in [1.29, 1.82) is 0 Å². The Labute approximate surface area is 212 Å². The molecule has 2 aromatic carbocycles. The van der Waals surface area contributed by atoms with E-state index in [-0.39, 0.29) is 5.91 Å². The minimum absolute atomic E-state index is 0.0174. The van der Waals surface area contributed by atoms with Gasteiger partial charge in [-0.3, -0.25) is 14.7 Å². The number of nitrogens with zero attached hydrogens (tertiary/aromatic N) is 5. The van der Waals surface area contributed by atoms with Crippen LogP contribution in [-0.4, -0.2) is 58.3 Å². The number of aryl methyl sites for hydroxylation is 1. The average Bonchev–Trinajstić information content (AvgIpc) is 3.35. The van der Waals surface area contributed by atoms with Crippen LogP contribution in [0.1, 0.15) is 16.8 Å². The van der Waals surface area contributed by atoms with Crippen molar-refractivity contribution in [3.63, 3.8) is 0 Å². The highest BCUT2D eigenvalue weighted by molar-refractivity contribution is 5.78. The van der Waals surface area contributed by atoms with E-state index in [4.69, 9.17) is 5.10 Å². The van der Waals surface area contributed by atoms with Crippen LogP contribution < -0.4 is 10.2 Å². The monoisotopic (exact) mass is 480 g/mol. The smallest absolute Gasteiger partial charge is 0.234 e. The Morgan fingerprint density at radius 1 is 0.917 bits per heavy atom. The van der Waals surface area contributed by atoms with Crippen LogP contribution >= 0.6 is 0 Å². The molecule has 5 rings (SSSR count). The zero-order chi connectivity index (χ0) is 24.9. The molecule has 1 amide bonds. The van der Waals surface area contributed by atoms with E-state index in [1.165, 1.54) is 16.8 Å². The zero-order valence-corrected chi connectivity index (χ0v) is 20.9. The third kappa shape index (κ3) is 5.31. The summed E-state index contributed by atoms with van der Waals surface area (Å²) in [5.74, 6) is 0.0174. The Balaban J connectivity index is 1.19. The van der Waals surface area contributed by atoms with Crippen molar-refractivity contribution in [1.82, 2.24) is 25.0 Å². The fourth-order valence-corrected chi connectivity index (χ4v) is 4.65. The van der Waals surface area contributed by atoms with Gasteiger partial charge in [-0.15, -0.1) is 0 Å². The maximum absolute atomic E-state index is 12.8. The quantitative estimate of drug-likeness (QED) is 0.433. The second-order valence-electron chi connectivity index (χ2n) is 9.24. The number of amides is 1. The summed E-state index contributed by atoms with van der Waals surface area (Å²) in [4.78, 5) is 21.9. The molecule has 0 spiro atoms. The van der Waals surface area contributed by atoms with E-state index >= 15 is 0 Å². The molecule has 7 nitrogen and oxygen atoms in total. The number of benzene rings is 2. The van der Waals surface area contributed by atoms with Crippen LogP contribution in [-0.2, 0) is 11.3 Å². The van der Waals surface area contributed by atoms with E-state index in [9.17, 15) is 4.79 Å². The topological polar surface area (TPSA) is 66.3 Å². The zero-order valence-electron chi connectivity index (χ0n) is 20.9. The Hall–Kier alpha value is -3.97. The fraction of sp³-hybridized carbons (Fsp3) is 0.276. The fourth-order valence-electron chi connectivity index (χ4n) is 4.65. The highest BCUT2D eigenvalue weighted by atomic mass is 16.2. The van der Waals surface area contributed by atoms with Gasteiger partial charge in [-0.1, -0.05) is 36.4 Å². The number of hydrogen-bond acceptors (Lipinski definition) is 5. The van der Waals surface area contributed by atoms with Gasteiger partial charge in [0.2, 0.25) is 5.91 Å². The number of para-hydroxylation sites is 1. The van der Waals surface area contributed by atoms with E-state index in [0.717, 1.165) is 48.9 Å². The summed E-state index contributed by atoms with van der Waals surface area (Å²) in [7, 11) is 0. The van der Waals surface area contributed by atoms with Crippen LogP contribution in [0.3, 0.4) is 0 Å². The van der Waals surface area contributed by atoms with Gasteiger partial charge in [0.15, 0.2) is 0 Å². The number of aromatic nitrogens is 3. The first-order valence-electron chi connectivity index (χ1n) is 12.4. The predicted octanol–water partition coefficient (Wildman–Crippen LogP) is 3.99. The third-order valence-electron chi connectivity index (χ3n) is 6.81. The summed E-state index contributed by atoms with van der Waals surface area (Å²) >= 11 is 0. The third-order valence-corrected chi connectivity index (χ3v) is 6.81. The van der Waals surface area contributed by atoms with Gasteiger partial charge in [-0.25, -0.2) is 4.68 Å². The molecule has 1 N–H and O–H groups in total. The first-order valence-corrected chi connectivity index (χ1v) is 12.4. The number of anilines is 1. The molecule has 0 saturated carbocycles. The minimum atomic E-state index is 0.0174. The molecule has 0 aliphatic carbocycles. The van der Waals surface area contributed by atoms with Gasteiger partial charge in [0, 0.05) is 38.1 Å². The number of carbonyl (C=O) groups excluding carboxylic acids is 1. The molecule has 0 unspecified atom stereocenters. The van der Waals surface area contributed by atoms with Crippen LogP contribution in [0, 0.1) is 13.8 Å². The molecule has 184 valence electrons. The second kappa shape index (κ2) is 10.7. The number of carbonyl (C=O) groups is 1. The van der Waals surface area contributed by atoms with Gasteiger partial charge in [-0.05, 0) is 61.4 Å². The molecular weight excluding hydrogens is 448 g/mol. The van der Waals surface area contributed by atoms with E-state index < -0.39 is 0 Å². The second-order valence-corrected chi connectivity index (χ2v) is 9.24. The maximum atomic E-state index is 12.8. The predicted molar refractivity (Wildman–Crippen MR) is 143 cm³/mol. The molecular formula is C29H32N6O. The van der Waals surface area contributed by atoms with E-state index in [1.807, 2.05) is 59.3 Å². The van der Waals surface area contributed by atoms with Gasteiger partial charge in [0.25, 0.3) is 0 Å². The van der Waals surface area contributed by atoms with Crippen LogP contribution in [0.4, 0.5) is 5.69 Å². The van der Waals surface area contributed by atoms with Gasteiger partial charge in [0.1, 0.15) is 0 Å². The van der Waals surface area contributed by atoms with E-state index in [2.05, 4.69) is 52.1 Å². The first kappa shape index (κ1) is 23.8. The Morgan fingerprint density at radius 3 is 2.44 bits per heavy atom. The van der Waals surface area contributed by atoms with Crippen molar-refractivity contribution in [3.8, 4) is 17.1 Å². The van der Waals surface area contributed by atoms with Gasteiger partial charge in [0.05, 0.1) is 35.9 Å². The lowest BCUT2D eigenvalue weighted by molar-refractivity contribution is -0.122. The summed E-state index contributed by atoms with van der Waals surface area (Å²) in [5.41, 5.74) is 7.45. The molecule has 36 heavy (non-hydrogen) atoms. The summed E-state index contributed by atoms with van der Waals surface area (Å²) < 4.78 is 1.89. The molecule has 1 aliphatic heterocycles. The van der Waals surface area contributed by atoms with Crippen LogP contribution in [0.15, 0.2) is 79.0 Å². The normalized spacial score (nSPS) is 14.1. The van der Waals surface area contributed by atoms with Crippen molar-refractivity contribution < 1.29 is 4.79 Å². The van der Waals surface area contributed by atoms with Crippen LogP contribution in [0.2, 0.25) is 0 Å². The van der Waals surface area contributed by atoms with Crippen molar-refractivity contribution in [3.05, 3.63) is 95.8 Å². The maximum Gasteiger partial charge on any atom is 0.234 e. The lowest BCUT2D eigenvalue weighted by Crippen LogP contribution is -2.49. The van der Waals surface area contributed by atoms with Crippen molar-refractivity contribution in [2.24, 2.45) is 0 Å². The molecule has 4 aromatic rings. The highest BCUT2D eigenvalue weighted by Crippen LogP contribution is 2.24. The number of nitrogens with one attached hydrogen (secondary N) is 1. The molecule has 7 heteroatoms. The molecule has 1 saturated heterocycles. The number of piperazine rings is 1. The molecule has 3 heterocycles. The molecule has 1 fully saturated rings. The molecule has 2 aromatic heterocycles. The number of hydrogen-bond donors (Lipinski definition) is 1. The molecule has 1 aliphatic rings. The Kier molecular flexibility index (Phi) is 7.09. The van der Waals surface area contributed by atoms with Crippen molar-refractivity contribution >= 4 is 11.6 Å². The summed E-state index contributed by atoms with van der Waals surface area (Å²) in [6.45, 7) is 8.69. The standard InChI is InChI=1S/C29H32N6O/c1-22-9-8-13-27(23(22)2)34-17-15-33(16-18-34)21-29(36)31-20-24-19-28(26-12-6-7-14-30-26)35(32-24)25-10-4-3-5-11-25/h3-14,19H,15-18,20-21H2,1-2H3,(H,31,36). The van der Waals surface area contributed by atoms with E-state index in [1.54, 1.807) is 6.20 Å². The highest BCUT2D eigenvalue weighted by Gasteiger charge is 2.21. The number of rotatable bonds is 7. The van der Waals surface area contributed by atoms with Crippen molar-refractivity contribution in [2.75, 3.05) is 37.6 Å². The van der Waals surface area contributed by atoms with Gasteiger partial charge in [-0.2, -0.15) is 5.10 Å². The van der Waals surface area contributed by atoms with Crippen LogP contribution in [0.5, 0.6) is 0 Å². The molecule has 0 radical (unpaired) electrons. The van der Waals surface area contributed by atoms with Crippen LogP contribution in [0.25, 0.3) is 17.1 Å². The average molecular weight is 481 g/mol. The first-order chi connectivity index (χ1) is 17.6. The SMILES string of the molecule is Cc1cccc(N2CCN(CC(=O)NCc3cc(-c4ccccn4)n(-c4ccccc4)n3)CC2)c1C.